The van der Waals surface area contributed by atoms with Crippen LogP contribution in [0.1, 0.15) is 6.42 Å². The van der Waals surface area contributed by atoms with Gasteiger partial charge in [0.2, 0.25) is 10.0 Å². The van der Waals surface area contributed by atoms with Crippen molar-refractivity contribution >= 4 is 53.2 Å². The summed E-state index contributed by atoms with van der Waals surface area (Å²) in [6, 6.07) is 1.62. The molecule has 0 unspecified atom stereocenters. The molecule has 0 atom stereocenters. The zero-order valence-corrected chi connectivity index (χ0v) is 15.6. The molecule has 114 valence electrons. The molecule has 1 aromatic rings. The third-order valence-electron chi connectivity index (χ3n) is 3.09. The lowest BCUT2D eigenvalue weighted by Gasteiger charge is -2.23. The average Bonchev–Trinajstić information content (AvgIpc) is 2.77. The van der Waals surface area contributed by atoms with Gasteiger partial charge in [-0.05, 0) is 37.9 Å². The monoisotopic (exact) mass is 447 g/mol. The van der Waals surface area contributed by atoms with Crippen LogP contribution < -0.4 is 9.62 Å². The van der Waals surface area contributed by atoms with Gasteiger partial charge in [0.05, 0.1) is 23.5 Å². The molecule has 2 N–H and O–H groups in total. The molecular formula is C11H17Br2N2O3S2+. The lowest BCUT2D eigenvalue weighted by Crippen LogP contribution is -3.14. The highest BCUT2D eigenvalue weighted by Crippen LogP contribution is 2.34. The summed E-state index contributed by atoms with van der Waals surface area (Å²) in [6.07, 6.45) is 0.836. The Balaban J connectivity index is 1.77. The summed E-state index contributed by atoms with van der Waals surface area (Å²) >= 11 is 7.81. The molecule has 2 rings (SSSR count). The zero-order chi connectivity index (χ0) is 14.6. The summed E-state index contributed by atoms with van der Waals surface area (Å²) in [5.41, 5.74) is 0. The van der Waals surface area contributed by atoms with Gasteiger partial charge in [-0.1, -0.05) is 0 Å². The van der Waals surface area contributed by atoms with Crippen LogP contribution in [-0.2, 0) is 14.8 Å². The highest BCUT2D eigenvalue weighted by atomic mass is 79.9. The number of hydrogen-bond donors (Lipinski definition) is 2. The number of ether oxygens (including phenoxy) is 1. The molecule has 0 bridgehead atoms. The fraction of sp³-hybridized carbons (Fsp3) is 0.636. The Morgan fingerprint density at radius 3 is 2.65 bits per heavy atom. The van der Waals surface area contributed by atoms with Gasteiger partial charge in [-0.3, -0.25) is 0 Å². The van der Waals surface area contributed by atoms with E-state index in [0.717, 1.165) is 47.5 Å². The maximum Gasteiger partial charge on any atom is 0.250 e. The molecule has 0 spiro atoms. The second-order valence-corrected chi connectivity index (χ2v) is 9.77. The van der Waals surface area contributed by atoms with Gasteiger partial charge < -0.3 is 9.64 Å². The van der Waals surface area contributed by atoms with E-state index in [1.165, 1.54) is 16.2 Å². The Bertz CT molecular complexity index is 522. The van der Waals surface area contributed by atoms with Crippen molar-refractivity contribution < 1.29 is 18.1 Å². The van der Waals surface area contributed by atoms with Gasteiger partial charge in [-0.2, -0.15) is 0 Å². The van der Waals surface area contributed by atoms with Crippen LogP contribution in [0.5, 0.6) is 0 Å². The molecule has 0 radical (unpaired) electrons. The van der Waals surface area contributed by atoms with E-state index >= 15 is 0 Å². The highest BCUT2D eigenvalue weighted by molar-refractivity contribution is 9.13. The van der Waals surface area contributed by atoms with Gasteiger partial charge >= 0.3 is 0 Å². The van der Waals surface area contributed by atoms with Gasteiger partial charge in [0.1, 0.15) is 17.3 Å². The van der Waals surface area contributed by atoms with E-state index < -0.39 is 10.0 Å². The second-order valence-electron chi connectivity index (χ2n) is 4.55. The molecule has 1 saturated heterocycles. The number of sulfonamides is 1. The van der Waals surface area contributed by atoms with Crippen LogP contribution in [0.3, 0.4) is 0 Å². The standard InChI is InChI=1S/C11H16Br2N2O3S2/c12-9-8-10(19-11(9)13)20(16,17)14-2-1-3-15-4-6-18-7-5-15/h8,14H,1-7H2/p+1. The molecule has 1 aromatic heterocycles. The third kappa shape index (κ3) is 4.75. The fourth-order valence-corrected chi connectivity index (χ4v) is 5.92. The molecule has 1 aliphatic heterocycles. The van der Waals surface area contributed by atoms with Gasteiger partial charge in [-0.15, -0.1) is 11.3 Å². The largest absolute Gasteiger partial charge is 0.370 e. The van der Waals surface area contributed by atoms with Crippen molar-refractivity contribution in [1.82, 2.24) is 4.72 Å². The number of thiophene rings is 1. The van der Waals surface area contributed by atoms with E-state index in [1.807, 2.05) is 0 Å². The van der Waals surface area contributed by atoms with Crippen molar-refractivity contribution in [3.8, 4) is 0 Å². The smallest absolute Gasteiger partial charge is 0.250 e. The van der Waals surface area contributed by atoms with Crippen LogP contribution in [-0.4, -0.2) is 47.8 Å². The van der Waals surface area contributed by atoms with Crippen LogP contribution in [0.15, 0.2) is 18.5 Å². The summed E-state index contributed by atoms with van der Waals surface area (Å²) in [6.45, 7) is 5.08. The predicted molar refractivity (Wildman–Crippen MR) is 85.9 cm³/mol. The first-order valence-electron chi connectivity index (χ1n) is 6.35. The van der Waals surface area contributed by atoms with Crippen LogP contribution in [0, 0.1) is 0 Å². The first-order chi connectivity index (χ1) is 9.49. The minimum atomic E-state index is -3.39. The maximum atomic E-state index is 12.1. The van der Waals surface area contributed by atoms with E-state index in [1.54, 1.807) is 6.07 Å². The predicted octanol–water partition coefficient (Wildman–Crippen LogP) is 0.857. The third-order valence-corrected chi connectivity index (χ3v) is 8.28. The number of morpholine rings is 1. The maximum absolute atomic E-state index is 12.1. The van der Waals surface area contributed by atoms with Crippen molar-refractivity contribution in [3.63, 3.8) is 0 Å². The number of hydrogen-bond acceptors (Lipinski definition) is 4. The van der Waals surface area contributed by atoms with Crippen molar-refractivity contribution in [2.24, 2.45) is 0 Å². The van der Waals surface area contributed by atoms with E-state index in [0.29, 0.717) is 10.8 Å². The Morgan fingerprint density at radius 2 is 2.05 bits per heavy atom. The lowest BCUT2D eigenvalue weighted by molar-refractivity contribution is -0.908. The Morgan fingerprint density at radius 1 is 1.35 bits per heavy atom. The van der Waals surface area contributed by atoms with E-state index in [4.69, 9.17) is 4.74 Å². The molecule has 20 heavy (non-hydrogen) atoms. The van der Waals surface area contributed by atoms with E-state index in [9.17, 15) is 8.42 Å². The number of nitrogens with one attached hydrogen (secondary N) is 2. The molecule has 5 nitrogen and oxygen atoms in total. The Labute approximate surface area is 140 Å². The molecule has 0 amide bonds. The molecule has 1 aliphatic rings. The van der Waals surface area contributed by atoms with Crippen molar-refractivity contribution in [3.05, 3.63) is 14.3 Å². The van der Waals surface area contributed by atoms with Crippen LogP contribution in [0.4, 0.5) is 0 Å². The molecule has 2 heterocycles. The van der Waals surface area contributed by atoms with Crippen molar-refractivity contribution in [2.75, 3.05) is 39.4 Å². The summed E-state index contributed by atoms with van der Waals surface area (Å²) in [5.74, 6) is 0. The van der Waals surface area contributed by atoms with Gasteiger partial charge in [0, 0.05) is 17.4 Å². The van der Waals surface area contributed by atoms with Crippen molar-refractivity contribution in [2.45, 2.75) is 10.6 Å². The zero-order valence-electron chi connectivity index (χ0n) is 10.8. The van der Waals surface area contributed by atoms with Crippen LogP contribution >= 0.6 is 43.2 Å². The molecule has 0 aromatic carbocycles. The highest BCUT2D eigenvalue weighted by Gasteiger charge is 2.19. The molecule has 1 fully saturated rings. The summed E-state index contributed by atoms with van der Waals surface area (Å²) < 4.78 is 34.0. The van der Waals surface area contributed by atoms with Gasteiger partial charge in [0.25, 0.3) is 0 Å². The fourth-order valence-electron chi connectivity index (χ4n) is 1.99. The average molecular weight is 449 g/mol. The van der Waals surface area contributed by atoms with Crippen LogP contribution in [0.2, 0.25) is 0 Å². The Kier molecular flexibility index (Phi) is 6.46. The Hall–Kier alpha value is 0.490. The minimum absolute atomic E-state index is 0.329. The van der Waals surface area contributed by atoms with Gasteiger partial charge in [0.15, 0.2) is 0 Å². The summed E-state index contributed by atoms with van der Waals surface area (Å²) in [5, 5.41) is 0. The molecule has 0 saturated carbocycles. The molecular weight excluding hydrogens is 432 g/mol. The number of halogens is 2. The SMILES string of the molecule is O=S(=O)(NCCC[NH+]1CCOCC1)c1cc(Br)c(Br)s1. The number of rotatable bonds is 6. The van der Waals surface area contributed by atoms with Gasteiger partial charge in [-0.25, -0.2) is 13.1 Å². The molecule has 9 heteroatoms. The minimum Gasteiger partial charge on any atom is -0.370 e. The number of quaternary nitrogens is 1. The first kappa shape index (κ1) is 16.9. The molecule has 0 aliphatic carbocycles. The van der Waals surface area contributed by atoms with Crippen LogP contribution in [0.25, 0.3) is 0 Å². The lowest BCUT2D eigenvalue weighted by atomic mass is 10.3. The van der Waals surface area contributed by atoms with E-state index in [-0.39, 0.29) is 0 Å². The normalized spacial score (nSPS) is 17.5. The topological polar surface area (TPSA) is 59.8 Å². The first-order valence-corrected chi connectivity index (χ1v) is 10.2. The quantitative estimate of drug-likeness (QED) is 0.634. The summed E-state index contributed by atoms with van der Waals surface area (Å²) in [7, 11) is -3.39. The van der Waals surface area contributed by atoms with E-state index in [2.05, 4.69) is 36.6 Å². The van der Waals surface area contributed by atoms with Crippen molar-refractivity contribution in [1.29, 1.82) is 0 Å². The summed E-state index contributed by atoms with van der Waals surface area (Å²) in [4.78, 5) is 1.48. The second kappa shape index (κ2) is 7.66.